The van der Waals surface area contributed by atoms with Gasteiger partial charge in [-0.15, -0.1) is 11.8 Å². The van der Waals surface area contributed by atoms with Crippen LogP contribution in [0.5, 0.6) is 0 Å². The Morgan fingerprint density at radius 1 is 1.35 bits per heavy atom. The summed E-state index contributed by atoms with van der Waals surface area (Å²) in [6.07, 6.45) is -5.72. The van der Waals surface area contributed by atoms with Crippen molar-refractivity contribution in [3.05, 3.63) is 53.1 Å². The summed E-state index contributed by atoms with van der Waals surface area (Å²) in [5, 5.41) is 21.2. The Morgan fingerprint density at radius 3 is 2.71 bits per heavy atom. The minimum atomic E-state index is -4.74. The third-order valence-corrected chi connectivity index (χ3v) is 7.87. The van der Waals surface area contributed by atoms with Gasteiger partial charge >= 0.3 is 6.18 Å². The smallest absolute Gasteiger partial charge is 0.393 e. The quantitative estimate of drug-likeness (QED) is 0.539. The normalized spacial score (nSPS) is 27.5. The number of ether oxygens (including phenoxy) is 1. The van der Waals surface area contributed by atoms with E-state index >= 15 is 0 Å². The second-order valence-electron chi connectivity index (χ2n) is 8.66. The number of hydrogen-bond acceptors (Lipinski definition) is 6. The Hall–Kier alpha value is -2.21. The number of carbonyl (C=O) groups excluding carboxylic acids is 1. The third-order valence-electron chi connectivity index (χ3n) is 6.69. The molecule has 2 aliphatic heterocycles. The van der Waals surface area contributed by atoms with Crippen LogP contribution in [0.2, 0.25) is 0 Å². The number of fused-ring (bicyclic) bond motifs is 1. The van der Waals surface area contributed by atoms with Crippen LogP contribution < -0.4 is 5.32 Å². The van der Waals surface area contributed by atoms with E-state index in [4.69, 9.17) is 9.84 Å². The summed E-state index contributed by atoms with van der Waals surface area (Å²) in [4.78, 5) is 17.7. The van der Waals surface area contributed by atoms with Crippen molar-refractivity contribution in [3.63, 3.8) is 0 Å². The second kappa shape index (κ2) is 9.10. The Morgan fingerprint density at radius 2 is 2.09 bits per heavy atom. The Labute approximate surface area is 197 Å². The highest BCUT2D eigenvalue weighted by molar-refractivity contribution is 7.99. The molecular weight excluding hydrogens is 476 g/mol. The highest BCUT2D eigenvalue weighted by Gasteiger charge is 2.65. The molecule has 1 saturated heterocycles. The van der Waals surface area contributed by atoms with Gasteiger partial charge in [0.1, 0.15) is 18.0 Å². The summed E-state index contributed by atoms with van der Waals surface area (Å²) in [7, 11) is 0. The van der Waals surface area contributed by atoms with Gasteiger partial charge in [-0.3, -0.25) is 9.78 Å². The molecule has 4 rings (SSSR count). The first kappa shape index (κ1) is 24.9. The molecule has 2 aromatic rings. The lowest BCUT2D eigenvalue weighted by molar-refractivity contribution is -0.272. The number of benzene rings is 1. The first-order valence-electron chi connectivity index (χ1n) is 10.7. The molecule has 0 unspecified atom stereocenters. The number of carbonyl (C=O) groups is 1. The molecule has 0 spiro atoms. The summed E-state index contributed by atoms with van der Waals surface area (Å²) >= 11 is 1.37. The first-order chi connectivity index (χ1) is 16.0. The number of amides is 1. The molecule has 5 atom stereocenters. The van der Waals surface area contributed by atoms with Gasteiger partial charge in [0.2, 0.25) is 0 Å². The van der Waals surface area contributed by atoms with Crippen LogP contribution in [-0.4, -0.2) is 51.3 Å². The topological polar surface area (TPSA) is 91.7 Å². The molecule has 1 aromatic heterocycles. The molecule has 1 amide bonds. The van der Waals surface area contributed by atoms with Gasteiger partial charge in [-0.2, -0.15) is 13.2 Å². The maximum absolute atomic E-state index is 14.3. The van der Waals surface area contributed by atoms with E-state index in [9.17, 15) is 27.5 Å². The number of hydrogen-bond donors (Lipinski definition) is 3. The lowest BCUT2D eigenvalue weighted by Gasteiger charge is -2.32. The highest BCUT2D eigenvalue weighted by atomic mass is 32.2. The molecule has 184 valence electrons. The molecular formula is C23H24F4N2O4S. The van der Waals surface area contributed by atoms with Gasteiger partial charge in [0.15, 0.2) is 5.60 Å². The molecule has 0 bridgehead atoms. The first-order valence-corrected chi connectivity index (χ1v) is 11.7. The van der Waals surface area contributed by atoms with Crippen LogP contribution in [0.3, 0.4) is 0 Å². The number of nitrogens with zero attached hydrogens (tertiary/aromatic N) is 1. The van der Waals surface area contributed by atoms with Crippen molar-refractivity contribution in [2.24, 2.45) is 5.92 Å². The zero-order valence-electron chi connectivity index (χ0n) is 18.4. The van der Waals surface area contributed by atoms with Gasteiger partial charge in [-0.1, -0.05) is 13.0 Å². The van der Waals surface area contributed by atoms with Crippen molar-refractivity contribution in [1.29, 1.82) is 0 Å². The van der Waals surface area contributed by atoms with E-state index in [2.05, 4.69) is 10.3 Å². The maximum atomic E-state index is 14.3. The van der Waals surface area contributed by atoms with Crippen LogP contribution in [0.15, 0.2) is 35.4 Å². The largest absolute Gasteiger partial charge is 0.417 e. The molecule has 0 aliphatic carbocycles. The molecule has 6 nitrogen and oxygen atoms in total. The predicted molar refractivity (Wildman–Crippen MR) is 117 cm³/mol. The zero-order valence-corrected chi connectivity index (χ0v) is 19.2. The molecule has 2 aliphatic rings. The summed E-state index contributed by atoms with van der Waals surface area (Å²) in [6.45, 7) is 1.79. The van der Waals surface area contributed by atoms with Gasteiger partial charge in [0, 0.05) is 28.0 Å². The molecule has 3 heterocycles. The lowest BCUT2D eigenvalue weighted by atomic mass is 9.76. The van der Waals surface area contributed by atoms with Crippen molar-refractivity contribution in [2.45, 2.75) is 55.1 Å². The molecule has 3 N–H and O–H groups in total. The van der Waals surface area contributed by atoms with Crippen LogP contribution in [0.1, 0.15) is 42.7 Å². The van der Waals surface area contributed by atoms with Gasteiger partial charge in [-0.25, -0.2) is 4.39 Å². The third kappa shape index (κ3) is 4.19. The van der Waals surface area contributed by atoms with E-state index in [0.717, 1.165) is 6.92 Å². The van der Waals surface area contributed by atoms with E-state index in [-0.39, 0.29) is 11.4 Å². The number of nitrogens with one attached hydrogen (secondary N) is 1. The SMILES string of the molecule is C[C@H]1[C@@H](c2ccc(F)c3c2SCC3)[C@H](C(=O)Nc2ccc([C@H](O)CO)nc2)O[C@@]1(C)C(F)(F)F. The van der Waals surface area contributed by atoms with E-state index in [1.165, 1.54) is 49.1 Å². The minimum Gasteiger partial charge on any atom is -0.393 e. The van der Waals surface area contributed by atoms with E-state index in [1.807, 2.05) is 0 Å². The summed E-state index contributed by atoms with van der Waals surface area (Å²) in [5.41, 5.74) is -1.30. The summed E-state index contributed by atoms with van der Waals surface area (Å²) in [5.74, 6) is -2.68. The number of alkyl halides is 3. The van der Waals surface area contributed by atoms with Crippen molar-refractivity contribution >= 4 is 23.4 Å². The number of aliphatic hydroxyl groups is 2. The zero-order chi connectivity index (χ0) is 24.8. The van der Waals surface area contributed by atoms with Crippen LogP contribution in [0.25, 0.3) is 0 Å². The van der Waals surface area contributed by atoms with Crippen LogP contribution in [0.4, 0.5) is 23.2 Å². The minimum absolute atomic E-state index is 0.174. The highest BCUT2D eigenvalue weighted by Crippen LogP contribution is 2.55. The summed E-state index contributed by atoms with van der Waals surface area (Å²) in [6, 6.07) is 5.49. The fourth-order valence-electron chi connectivity index (χ4n) is 4.55. The molecule has 0 radical (unpaired) electrons. The number of pyridine rings is 1. The average Bonchev–Trinajstić information content (AvgIpc) is 3.39. The predicted octanol–water partition coefficient (Wildman–Crippen LogP) is 3.97. The van der Waals surface area contributed by atoms with Crippen LogP contribution in [0, 0.1) is 11.7 Å². The second-order valence-corrected chi connectivity index (χ2v) is 9.77. The number of aromatic nitrogens is 1. The van der Waals surface area contributed by atoms with Crippen LogP contribution >= 0.6 is 11.8 Å². The van der Waals surface area contributed by atoms with Crippen molar-refractivity contribution < 1.29 is 37.3 Å². The van der Waals surface area contributed by atoms with Gasteiger partial charge in [0.25, 0.3) is 5.91 Å². The van der Waals surface area contributed by atoms with E-state index < -0.39 is 54.2 Å². The molecule has 0 saturated carbocycles. The number of aliphatic hydroxyl groups excluding tert-OH is 2. The summed E-state index contributed by atoms with van der Waals surface area (Å²) < 4.78 is 62.0. The Bertz CT molecular complexity index is 1080. The van der Waals surface area contributed by atoms with E-state index in [1.54, 1.807) is 0 Å². The Balaban J connectivity index is 1.69. The molecule has 34 heavy (non-hydrogen) atoms. The van der Waals surface area contributed by atoms with Crippen molar-refractivity contribution in [2.75, 3.05) is 17.7 Å². The van der Waals surface area contributed by atoms with Crippen LogP contribution in [-0.2, 0) is 16.0 Å². The van der Waals surface area contributed by atoms with Crippen molar-refractivity contribution in [3.8, 4) is 0 Å². The standard InChI is InChI=1S/C23H24F4N2O4S/c1-11-18(14-4-5-15(24)13-7-8-34-20(13)14)19(33-22(11,2)23(25,26)27)21(32)29-12-3-6-16(28-9-12)17(31)10-30/h3-6,9,11,17-19,30-31H,7-8,10H2,1-2H3,(H,29,32)/t11-,17+,18-,19+,22+/m0/s1. The number of rotatable bonds is 5. The monoisotopic (exact) mass is 500 g/mol. The molecule has 1 fully saturated rings. The fraction of sp³-hybridized carbons (Fsp3) is 0.478. The van der Waals surface area contributed by atoms with Gasteiger partial charge < -0.3 is 20.3 Å². The Kier molecular flexibility index (Phi) is 6.67. The van der Waals surface area contributed by atoms with Crippen molar-refractivity contribution in [1.82, 2.24) is 4.98 Å². The maximum Gasteiger partial charge on any atom is 0.417 e. The number of anilines is 1. The fourth-order valence-corrected chi connectivity index (χ4v) is 5.80. The number of halogens is 4. The molecule has 1 aromatic carbocycles. The van der Waals surface area contributed by atoms with E-state index in [0.29, 0.717) is 28.2 Å². The van der Waals surface area contributed by atoms with Gasteiger partial charge in [0.05, 0.1) is 24.2 Å². The average molecular weight is 501 g/mol. The van der Waals surface area contributed by atoms with Gasteiger partial charge in [-0.05, 0) is 37.1 Å². The lowest BCUT2D eigenvalue weighted by Crippen LogP contribution is -2.47. The number of thioether (sulfide) groups is 1. The molecule has 11 heteroatoms.